The molecule has 1 N–H and O–H groups in total. The number of fused-ring (bicyclic) bond motifs is 1. The maximum atomic E-state index is 5.46. The normalized spacial score (nSPS) is 19.5. The first-order valence-corrected chi connectivity index (χ1v) is 9.98. The van der Waals surface area contributed by atoms with E-state index < -0.39 is 0 Å². The molecule has 0 radical (unpaired) electrons. The van der Waals surface area contributed by atoms with E-state index in [1.54, 1.807) is 11.3 Å². The third kappa shape index (κ3) is 3.86. The van der Waals surface area contributed by atoms with Crippen molar-refractivity contribution in [3.8, 4) is 22.1 Å². The molecule has 0 amide bonds. The van der Waals surface area contributed by atoms with Crippen LogP contribution in [-0.2, 0) is 11.3 Å². The molecule has 0 bridgehead atoms. The minimum Gasteiger partial charge on any atom is -0.454 e. The second kappa shape index (κ2) is 7.92. The lowest BCUT2D eigenvalue weighted by molar-refractivity contribution is 0.0135. The Morgan fingerprint density at radius 1 is 1.19 bits per heavy atom. The molecule has 6 nitrogen and oxygen atoms in total. The minimum atomic E-state index is 0.297. The molecule has 140 valence electrons. The fraction of sp³-hybridized carbons (Fsp3) is 0.526. The van der Waals surface area contributed by atoms with Gasteiger partial charge in [-0.05, 0) is 32.0 Å². The molecule has 1 saturated heterocycles. The molecule has 0 saturated carbocycles. The maximum absolute atomic E-state index is 5.46. The zero-order chi connectivity index (χ0) is 17.9. The lowest BCUT2D eigenvalue weighted by Gasteiger charge is -2.35. The Morgan fingerprint density at radius 2 is 2.00 bits per heavy atom. The highest BCUT2D eigenvalue weighted by atomic mass is 32.1. The molecule has 2 unspecified atom stereocenters. The largest absolute Gasteiger partial charge is 0.454 e. The van der Waals surface area contributed by atoms with E-state index >= 15 is 0 Å². The van der Waals surface area contributed by atoms with Crippen LogP contribution in [-0.4, -0.2) is 55.1 Å². The molecule has 0 spiro atoms. The van der Waals surface area contributed by atoms with Gasteiger partial charge < -0.3 is 19.5 Å². The van der Waals surface area contributed by atoms with Crippen molar-refractivity contribution < 1.29 is 14.2 Å². The fourth-order valence-electron chi connectivity index (χ4n) is 3.29. The van der Waals surface area contributed by atoms with Crippen LogP contribution < -0.4 is 14.8 Å². The predicted molar refractivity (Wildman–Crippen MR) is 102 cm³/mol. The average molecular weight is 375 g/mol. The predicted octanol–water partition coefficient (Wildman–Crippen LogP) is 2.74. The second-order valence-electron chi connectivity index (χ2n) is 6.77. The van der Waals surface area contributed by atoms with E-state index in [9.17, 15) is 0 Å². The van der Waals surface area contributed by atoms with E-state index in [4.69, 9.17) is 19.2 Å². The maximum Gasteiger partial charge on any atom is 0.231 e. The van der Waals surface area contributed by atoms with Gasteiger partial charge in [0.1, 0.15) is 5.01 Å². The Hall–Kier alpha value is -1.67. The van der Waals surface area contributed by atoms with Crippen LogP contribution in [0.3, 0.4) is 0 Å². The van der Waals surface area contributed by atoms with Gasteiger partial charge in [-0.15, -0.1) is 11.3 Å². The van der Waals surface area contributed by atoms with Crippen LogP contribution in [0.25, 0.3) is 10.6 Å². The van der Waals surface area contributed by atoms with Crippen molar-refractivity contribution in [1.29, 1.82) is 0 Å². The lowest BCUT2D eigenvalue weighted by Crippen LogP contribution is -2.50. The summed E-state index contributed by atoms with van der Waals surface area (Å²) in [6, 6.07) is 6.85. The molecule has 7 heteroatoms. The van der Waals surface area contributed by atoms with Crippen molar-refractivity contribution in [1.82, 2.24) is 15.2 Å². The number of ether oxygens (including phenoxy) is 3. The smallest absolute Gasteiger partial charge is 0.231 e. The van der Waals surface area contributed by atoms with Crippen molar-refractivity contribution in [2.75, 3.05) is 33.1 Å². The molecule has 1 aromatic carbocycles. The number of nitrogens with one attached hydrogen (secondary N) is 1. The van der Waals surface area contributed by atoms with Crippen molar-refractivity contribution in [2.24, 2.45) is 0 Å². The van der Waals surface area contributed by atoms with Gasteiger partial charge in [-0.3, -0.25) is 4.90 Å². The summed E-state index contributed by atoms with van der Waals surface area (Å²) >= 11 is 1.66. The number of benzene rings is 1. The van der Waals surface area contributed by atoms with Gasteiger partial charge in [0.05, 0.1) is 18.9 Å². The van der Waals surface area contributed by atoms with E-state index in [-0.39, 0.29) is 0 Å². The molecular formula is C19H25N3O3S. The van der Waals surface area contributed by atoms with Gasteiger partial charge in [-0.25, -0.2) is 4.98 Å². The highest BCUT2D eigenvalue weighted by Crippen LogP contribution is 2.36. The quantitative estimate of drug-likeness (QED) is 0.838. The van der Waals surface area contributed by atoms with Gasteiger partial charge in [0, 0.05) is 42.7 Å². The molecular weight excluding hydrogens is 350 g/mol. The summed E-state index contributed by atoms with van der Waals surface area (Å²) in [6.07, 6.45) is 0. The van der Waals surface area contributed by atoms with Crippen LogP contribution in [0.2, 0.25) is 0 Å². The molecule has 1 fully saturated rings. The Morgan fingerprint density at radius 3 is 2.85 bits per heavy atom. The summed E-state index contributed by atoms with van der Waals surface area (Å²) in [4.78, 5) is 7.26. The first kappa shape index (κ1) is 17.7. The van der Waals surface area contributed by atoms with Crippen LogP contribution in [0.4, 0.5) is 0 Å². The Bertz CT molecular complexity index is 745. The highest BCUT2D eigenvalue weighted by molar-refractivity contribution is 7.13. The van der Waals surface area contributed by atoms with E-state index in [2.05, 4.69) is 29.4 Å². The SMILES string of the molecule is CC(NCc1csc(-c2ccc3c(c2)OCO3)n1)C(C)N1CCOCC1. The van der Waals surface area contributed by atoms with E-state index in [1.807, 2.05) is 18.2 Å². The number of hydrogen-bond acceptors (Lipinski definition) is 7. The fourth-order valence-corrected chi connectivity index (χ4v) is 4.10. The number of thiazole rings is 1. The van der Waals surface area contributed by atoms with Crippen LogP contribution in [0, 0.1) is 0 Å². The molecule has 1 aromatic heterocycles. The van der Waals surface area contributed by atoms with Gasteiger partial charge in [0.2, 0.25) is 6.79 Å². The molecule has 26 heavy (non-hydrogen) atoms. The van der Waals surface area contributed by atoms with Crippen molar-refractivity contribution >= 4 is 11.3 Å². The Kier molecular flexibility index (Phi) is 5.40. The highest BCUT2D eigenvalue weighted by Gasteiger charge is 2.22. The first-order valence-electron chi connectivity index (χ1n) is 9.10. The molecule has 3 heterocycles. The van der Waals surface area contributed by atoms with Crippen molar-refractivity contribution in [2.45, 2.75) is 32.5 Å². The molecule has 4 rings (SSSR count). The van der Waals surface area contributed by atoms with Gasteiger partial charge in [0.15, 0.2) is 11.5 Å². The van der Waals surface area contributed by atoms with Gasteiger partial charge in [0.25, 0.3) is 0 Å². The number of aromatic nitrogens is 1. The van der Waals surface area contributed by atoms with Crippen LogP contribution in [0.15, 0.2) is 23.6 Å². The van der Waals surface area contributed by atoms with E-state index in [1.165, 1.54) is 0 Å². The third-order valence-electron chi connectivity index (χ3n) is 5.12. The summed E-state index contributed by atoms with van der Waals surface area (Å²) in [6.45, 7) is 9.29. The molecule has 0 aliphatic carbocycles. The zero-order valence-electron chi connectivity index (χ0n) is 15.2. The number of hydrogen-bond donors (Lipinski definition) is 1. The summed E-state index contributed by atoms with van der Waals surface area (Å²) in [5.74, 6) is 1.60. The monoisotopic (exact) mass is 375 g/mol. The third-order valence-corrected chi connectivity index (χ3v) is 6.06. The van der Waals surface area contributed by atoms with Gasteiger partial charge in [-0.2, -0.15) is 0 Å². The second-order valence-corrected chi connectivity index (χ2v) is 7.63. The first-order chi connectivity index (χ1) is 12.7. The standard InChI is InChI=1S/C19H25N3O3S/c1-13(14(2)22-5-7-23-8-6-22)20-10-16-11-26-19(21-16)15-3-4-17-18(9-15)25-12-24-17/h3-4,9,11,13-14,20H,5-8,10,12H2,1-2H3. The van der Waals surface area contributed by atoms with E-state index in [0.29, 0.717) is 18.9 Å². The number of nitrogens with zero attached hydrogens (tertiary/aromatic N) is 2. The van der Waals surface area contributed by atoms with Crippen LogP contribution >= 0.6 is 11.3 Å². The summed E-state index contributed by atoms with van der Waals surface area (Å²) < 4.78 is 16.3. The molecule has 2 aliphatic heterocycles. The van der Waals surface area contributed by atoms with Crippen LogP contribution in [0.5, 0.6) is 11.5 Å². The summed E-state index contributed by atoms with van der Waals surface area (Å²) in [5, 5.41) is 6.75. The molecule has 2 aliphatic rings. The summed E-state index contributed by atoms with van der Waals surface area (Å²) in [7, 11) is 0. The average Bonchev–Trinajstić information content (AvgIpc) is 3.34. The van der Waals surface area contributed by atoms with Crippen LogP contribution in [0.1, 0.15) is 19.5 Å². The molecule has 2 atom stereocenters. The topological polar surface area (TPSA) is 55.8 Å². The Labute approximate surface area is 158 Å². The van der Waals surface area contributed by atoms with Crippen molar-refractivity contribution in [3.05, 3.63) is 29.3 Å². The summed E-state index contributed by atoms with van der Waals surface area (Å²) in [5.41, 5.74) is 2.14. The van der Waals surface area contributed by atoms with Crippen molar-refractivity contribution in [3.63, 3.8) is 0 Å². The number of rotatable bonds is 6. The van der Waals surface area contributed by atoms with Gasteiger partial charge >= 0.3 is 0 Å². The van der Waals surface area contributed by atoms with E-state index in [0.717, 1.165) is 60.6 Å². The zero-order valence-corrected chi connectivity index (χ0v) is 16.1. The Balaban J connectivity index is 1.34. The minimum absolute atomic E-state index is 0.297. The lowest BCUT2D eigenvalue weighted by atomic mass is 10.1. The number of morpholine rings is 1. The van der Waals surface area contributed by atoms with Gasteiger partial charge in [-0.1, -0.05) is 0 Å². The molecule has 2 aromatic rings.